The van der Waals surface area contributed by atoms with Gasteiger partial charge in [0, 0.05) is 19.7 Å². The highest BCUT2D eigenvalue weighted by atomic mass is 16.3. The van der Waals surface area contributed by atoms with Gasteiger partial charge >= 0.3 is 0 Å². The molecule has 90 valence electrons. The van der Waals surface area contributed by atoms with E-state index in [0.29, 0.717) is 0 Å². The van der Waals surface area contributed by atoms with Gasteiger partial charge in [-0.2, -0.15) is 0 Å². The molecule has 0 bridgehead atoms. The maximum Gasteiger partial charge on any atom is 0.246 e. The number of amides is 2. The summed E-state index contributed by atoms with van der Waals surface area (Å²) in [6.07, 6.45) is 3.31. The molecule has 0 radical (unpaired) electrons. The summed E-state index contributed by atoms with van der Waals surface area (Å²) in [5.41, 5.74) is 0. The van der Waals surface area contributed by atoms with Crippen molar-refractivity contribution in [3.63, 3.8) is 0 Å². The van der Waals surface area contributed by atoms with Crippen LogP contribution in [0.4, 0.5) is 0 Å². The Labute approximate surface area is 94.8 Å². The molecule has 2 amide bonds. The smallest absolute Gasteiger partial charge is 0.246 e. The van der Waals surface area contributed by atoms with E-state index in [1.165, 1.54) is 11.9 Å². The first-order valence-electron chi connectivity index (χ1n) is 5.80. The minimum Gasteiger partial charge on any atom is -0.396 e. The number of aliphatic hydroxyl groups is 1. The summed E-state index contributed by atoms with van der Waals surface area (Å²) < 4.78 is 0. The van der Waals surface area contributed by atoms with Crippen LogP contribution >= 0.6 is 0 Å². The molecule has 0 aromatic carbocycles. The molecule has 1 heterocycles. The molecule has 1 saturated heterocycles. The fraction of sp³-hybridized carbons (Fsp3) is 0.818. The molecule has 3 unspecified atom stereocenters. The van der Waals surface area contributed by atoms with Crippen molar-refractivity contribution in [2.75, 3.05) is 13.7 Å². The molecule has 1 aliphatic carbocycles. The van der Waals surface area contributed by atoms with Gasteiger partial charge in [-0.25, -0.2) is 0 Å². The predicted molar refractivity (Wildman–Crippen MR) is 57.5 cm³/mol. The van der Waals surface area contributed by atoms with Crippen LogP contribution in [0, 0.1) is 5.92 Å². The van der Waals surface area contributed by atoms with E-state index in [4.69, 9.17) is 0 Å². The molecule has 2 rings (SSSR count). The van der Waals surface area contributed by atoms with E-state index in [1.807, 2.05) is 0 Å². The number of carbonyl (C=O) groups excluding carboxylic acids is 2. The van der Waals surface area contributed by atoms with Crippen LogP contribution in [0.5, 0.6) is 0 Å². The van der Waals surface area contributed by atoms with E-state index in [1.54, 1.807) is 0 Å². The molecule has 16 heavy (non-hydrogen) atoms. The third-order valence-electron chi connectivity index (χ3n) is 3.69. The SMILES string of the molecule is CN1C(=O)CC(NC2CCCC2CO)C1=O. The second-order valence-electron chi connectivity index (χ2n) is 4.69. The van der Waals surface area contributed by atoms with Crippen molar-refractivity contribution < 1.29 is 14.7 Å². The number of rotatable bonds is 3. The van der Waals surface area contributed by atoms with Crippen LogP contribution in [0.3, 0.4) is 0 Å². The Morgan fingerprint density at radius 3 is 2.75 bits per heavy atom. The average molecular weight is 226 g/mol. The standard InChI is InChI=1S/C11H18N2O3/c1-13-10(15)5-9(11(13)16)12-8-4-2-3-7(8)6-14/h7-9,12,14H,2-6H2,1H3. The maximum atomic E-state index is 11.7. The third-order valence-corrected chi connectivity index (χ3v) is 3.69. The van der Waals surface area contributed by atoms with Crippen LogP contribution in [-0.2, 0) is 9.59 Å². The molecular formula is C11H18N2O3. The van der Waals surface area contributed by atoms with Gasteiger partial charge in [0.2, 0.25) is 11.8 Å². The van der Waals surface area contributed by atoms with Gasteiger partial charge in [0.1, 0.15) is 0 Å². The number of likely N-dealkylation sites (tertiary alicyclic amines) is 1. The van der Waals surface area contributed by atoms with Gasteiger partial charge in [-0.1, -0.05) is 6.42 Å². The summed E-state index contributed by atoms with van der Waals surface area (Å²) in [5.74, 6) is -0.0385. The van der Waals surface area contributed by atoms with Gasteiger partial charge in [-0.15, -0.1) is 0 Å². The molecule has 5 heteroatoms. The summed E-state index contributed by atoms with van der Waals surface area (Å²) in [6, 6.07) is -0.201. The molecule has 0 aromatic heterocycles. The first-order chi connectivity index (χ1) is 7.63. The summed E-state index contributed by atoms with van der Waals surface area (Å²) in [6.45, 7) is 0.155. The number of imide groups is 1. The lowest BCUT2D eigenvalue weighted by atomic mass is 10.0. The molecule has 5 nitrogen and oxygen atoms in total. The number of nitrogens with one attached hydrogen (secondary N) is 1. The molecule has 0 aromatic rings. The van der Waals surface area contributed by atoms with Gasteiger partial charge in [0.15, 0.2) is 0 Å². The minimum atomic E-state index is -0.380. The van der Waals surface area contributed by atoms with Crippen LogP contribution in [0.25, 0.3) is 0 Å². The van der Waals surface area contributed by atoms with Gasteiger partial charge in [0.05, 0.1) is 12.5 Å². The fourth-order valence-electron chi connectivity index (χ4n) is 2.62. The molecule has 0 spiro atoms. The molecule has 2 aliphatic rings. The Bertz CT molecular complexity index is 306. The lowest BCUT2D eigenvalue weighted by molar-refractivity contribution is -0.137. The van der Waals surface area contributed by atoms with Gasteiger partial charge in [-0.3, -0.25) is 14.5 Å². The highest BCUT2D eigenvalue weighted by Crippen LogP contribution is 2.26. The van der Waals surface area contributed by atoms with E-state index in [-0.39, 0.29) is 42.8 Å². The number of likely N-dealkylation sites (N-methyl/N-ethyl adjacent to an activating group) is 1. The van der Waals surface area contributed by atoms with Crippen LogP contribution in [0.1, 0.15) is 25.7 Å². The van der Waals surface area contributed by atoms with Crippen molar-refractivity contribution in [1.29, 1.82) is 0 Å². The Balaban J connectivity index is 1.95. The first kappa shape index (κ1) is 11.5. The van der Waals surface area contributed by atoms with Crippen LogP contribution in [0.15, 0.2) is 0 Å². The zero-order valence-electron chi connectivity index (χ0n) is 9.48. The van der Waals surface area contributed by atoms with E-state index in [0.717, 1.165) is 19.3 Å². The normalized spacial score (nSPS) is 35.1. The number of hydrogen-bond donors (Lipinski definition) is 2. The zero-order chi connectivity index (χ0) is 11.7. The third kappa shape index (κ3) is 1.97. The van der Waals surface area contributed by atoms with Crippen molar-refractivity contribution >= 4 is 11.8 Å². The molecular weight excluding hydrogens is 208 g/mol. The van der Waals surface area contributed by atoms with E-state index in [2.05, 4.69) is 5.32 Å². The highest BCUT2D eigenvalue weighted by Gasteiger charge is 2.39. The topological polar surface area (TPSA) is 69.6 Å². The second-order valence-corrected chi connectivity index (χ2v) is 4.69. The molecule has 3 atom stereocenters. The van der Waals surface area contributed by atoms with Gasteiger partial charge in [-0.05, 0) is 18.8 Å². The lowest BCUT2D eigenvalue weighted by Gasteiger charge is -2.22. The summed E-state index contributed by atoms with van der Waals surface area (Å²) in [7, 11) is 1.52. The highest BCUT2D eigenvalue weighted by molar-refractivity contribution is 6.05. The van der Waals surface area contributed by atoms with E-state index in [9.17, 15) is 14.7 Å². The minimum absolute atomic E-state index is 0.124. The Kier molecular flexibility index (Phi) is 3.25. The van der Waals surface area contributed by atoms with E-state index >= 15 is 0 Å². The van der Waals surface area contributed by atoms with Crippen molar-refractivity contribution in [1.82, 2.24) is 10.2 Å². The second kappa shape index (κ2) is 4.51. The fourth-order valence-corrected chi connectivity index (χ4v) is 2.62. The zero-order valence-corrected chi connectivity index (χ0v) is 9.48. The number of carbonyl (C=O) groups is 2. The molecule has 2 N–H and O–H groups in total. The number of hydrogen-bond acceptors (Lipinski definition) is 4. The number of aliphatic hydroxyl groups excluding tert-OH is 1. The van der Waals surface area contributed by atoms with Crippen molar-refractivity contribution in [3.8, 4) is 0 Å². The first-order valence-corrected chi connectivity index (χ1v) is 5.80. The van der Waals surface area contributed by atoms with Crippen LogP contribution < -0.4 is 5.32 Å². The predicted octanol–water partition coefficient (Wildman–Crippen LogP) is -0.506. The number of nitrogens with zero attached hydrogens (tertiary/aromatic N) is 1. The lowest BCUT2D eigenvalue weighted by Crippen LogP contribution is -2.45. The average Bonchev–Trinajstić information content (AvgIpc) is 2.81. The molecule has 1 saturated carbocycles. The van der Waals surface area contributed by atoms with Gasteiger partial charge in [0.25, 0.3) is 0 Å². The van der Waals surface area contributed by atoms with Crippen molar-refractivity contribution in [2.24, 2.45) is 5.92 Å². The quantitative estimate of drug-likeness (QED) is 0.636. The maximum absolute atomic E-state index is 11.7. The Morgan fingerprint density at radius 2 is 2.19 bits per heavy atom. The van der Waals surface area contributed by atoms with Crippen LogP contribution in [0.2, 0.25) is 0 Å². The Morgan fingerprint density at radius 1 is 1.44 bits per heavy atom. The molecule has 2 fully saturated rings. The summed E-state index contributed by atoms with van der Waals surface area (Å²) >= 11 is 0. The summed E-state index contributed by atoms with van der Waals surface area (Å²) in [4.78, 5) is 24.2. The van der Waals surface area contributed by atoms with E-state index < -0.39 is 0 Å². The van der Waals surface area contributed by atoms with Crippen molar-refractivity contribution in [3.05, 3.63) is 0 Å². The Hall–Kier alpha value is -0.940. The van der Waals surface area contributed by atoms with Crippen LogP contribution in [-0.4, -0.2) is 47.6 Å². The van der Waals surface area contributed by atoms with Gasteiger partial charge < -0.3 is 10.4 Å². The van der Waals surface area contributed by atoms with Crippen molar-refractivity contribution in [2.45, 2.75) is 37.8 Å². The molecule has 1 aliphatic heterocycles. The largest absolute Gasteiger partial charge is 0.396 e. The summed E-state index contributed by atoms with van der Waals surface area (Å²) in [5, 5.41) is 12.4. The monoisotopic (exact) mass is 226 g/mol.